The third-order valence-corrected chi connectivity index (χ3v) is 5.60. The van der Waals surface area contributed by atoms with Crippen molar-refractivity contribution in [1.82, 2.24) is 0 Å². The van der Waals surface area contributed by atoms with Crippen molar-refractivity contribution in [2.24, 2.45) is 0 Å². The normalized spacial score (nSPS) is 11.5. The first kappa shape index (κ1) is 15.2. The highest BCUT2D eigenvalue weighted by molar-refractivity contribution is 6.18. The monoisotopic (exact) mass is 332 g/mol. The summed E-state index contributed by atoms with van der Waals surface area (Å²) in [5, 5.41) is 8.00. The van der Waals surface area contributed by atoms with Gasteiger partial charge in [-0.2, -0.15) is 0 Å². The molecule has 0 unspecified atom stereocenters. The zero-order valence-corrected chi connectivity index (χ0v) is 15.1. The van der Waals surface area contributed by atoms with E-state index in [1.165, 1.54) is 54.6 Å². The molecule has 0 atom stereocenters. The maximum atomic E-state index is 2.29. The van der Waals surface area contributed by atoms with Gasteiger partial charge in [0.1, 0.15) is 0 Å². The molecule has 26 heavy (non-hydrogen) atoms. The molecule has 0 heterocycles. The smallest absolute Gasteiger partial charge is 0.00635 e. The molecule has 0 nitrogen and oxygen atoms in total. The molecule has 0 amide bonds. The summed E-state index contributed by atoms with van der Waals surface area (Å²) < 4.78 is 0. The zero-order valence-electron chi connectivity index (χ0n) is 15.1. The Balaban J connectivity index is 2.03. The van der Waals surface area contributed by atoms with Gasteiger partial charge in [-0.25, -0.2) is 0 Å². The minimum absolute atomic E-state index is 1.32. The maximum Gasteiger partial charge on any atom is -0.00635 e. The first-order chi connectivity index (χ1) is 12.8. The molecule has 0 aromatic heterocycles. The molecule has 0 aliphatic rings. The molecule has 0 spiro atoms. The van der Waals surface area contributed by atoms with Gasteiger partial charge in [0.25, 0.3) is 0 Å². The zero-order chi connectivity index (χ0) is 17.7. The predicted molar refractivity (Wildman–Crippen MR) is 114 cm³/mol. The average molecular weight is 332 g/mol. The Hall–Kier alpha value is -3.12. The molecular weight excluding hydrogens is 312 g/mol. The molecule has 5 aromatic rings. The molecule has 0 fully saturated rings. The lowest BCUT2D eigenvalue weighted by atomic mass is 9.86. The molecule has 0 bridgehead atoms. The summed E-state index contributed by atoms with van der Waals surface area (Å²) in [5.41, 5.74) is 5.36. The third kappa shape index (κ3) is 2.09. The van der Waals surface area contributed by atoms with E-state index >= 15 is 0 Å². The lowest BCUT2D eigenvalue weighted by molar-refractivity contribution is 1.50. The van der Waals surface area contributed by atoms with E-state index < -0.39 is 0 Å². The largest absolute Gasteiger partial charge is 0.0616 e. The topological polar surface area (TPSA) is 0 Å². The lowest BCUT2D eigenvalue weighted by Crippen LogP contribution is -1.92. The average Bonchev–Trinajstić information content (AvgIpc) is 2.70. The van der Waals surface area contributed by atoms with Gasteiger partial charge in [0.2, 0.25) is 0 Å². The third-order valence-electron chi connectivity index (χ3n) is 5.60. The Kier molecular flexibility index (Phi) is 3.33. The fraction of sp³-hybridized carbons (Fsp3) is 0.0769. The van der Waals surface area contributed by atoms with Crippen LogP contribution in [0.3, 0.4) is 0 Å². The highest BCUT2D eigenvalue weighted by atomic mass is 14.2. The minimum Gasteiger partial charge on any atom is -0.0616 e. The molecule has 124 valence electrons. The van der Waals surface area contributed by atoms with Crippen molar-refractivity contribution in [2.45, 2.75) is 13.8 Å². The van der Waals surface area contributed by atoms with Crippen LogP contribution >= 0.6 is 0 Å². The van der Waals surface area contributed by atoms with Gasteiger partial charge < -0.3 is 0 Å². The number of benzene rings is 5. The maximum absolute atomic E-state index is 2.29. The Morgan fingerprint density at radius 3 is 1.62 bits per heavy atom. The molecule has 5 aromatic carbocycles. The van der Waals surface area contributed by atoms with Crippen molar-refractivity contribution < 1.29 is 0 Å². The van der Waals surface area contributed by atoms with Gasteiger partial charge >= 0.3 is 0 Å². The van der Waals surface area contributed by atoms with E-state index in [4.69, 9.17) is 0 Å². The first-order valence-electron chi connectivity index (χ1n) is 9.14. The molecule has 0 N–H and O–H groups in total. The Bertz CT molecular complexity index is 1290. The van der Waals surface area contributed by atoms with Crippen LogP contribution in [0.25, 0.3) is 43.4 Å². The molecule has 0 saturated carbocycles. The summed E-state index contributed by atoms with van der Waals surface area (Å²) in [6, 6.07) is 30.9. The van der Waals surface area contributed by atoms with Gasteiger partial charge in [0, 0.05) is 0 Å². The van der Waals surface area contributed by atoms with E-state index in [2.05, 4.69) is 98.8 Å². The number of rotatable bonds is 1. The molecule has 0 aliphatic carbocycles. The fourth-order valence-electron chi connectivity index (χ4n) is 4.33. The van der Waals surface area contributed by atoms with Gasteiger partial charge in [-0.05, 0) is 68.4 Å². The summed E-state index contributed by atoms with van der Waals surface area (Å²) in [6.07, 6.45) is 0. The number of hydrogen-bond acceptors (Lipinski definition) is 0. The second-order valence-electron chi connectivity index (χ2n) is 7.07. The predicted octanol–water partition coefficient (Wildman–Crippen LogP) is 7.43. The molecule has 0 aliphatic heterocycles. The van der Waals surface area contributed by atoms with Crippen LogP contribution in [0.4, 0.5) is 0 Å². The van der Waals surface area contributed by atoms with E-state index in [-0.39, 0.29) is 0 Å². The van der Waals surface area contributed by atoms with Gasteiger partial charge in [0.05, 0.1) is 0 Å². The second kappa shape index (κ2) is 5.71. The van der Waals surface area contributed by atoms with Gasteiger partial charge in [-0.15, -0.1) is 0 Å². The van der Waals surface area contributed by atoms with E-state index in [1.807, 2.05) is 0 Å². The van der Waals surface area contributed by atoms with Crippen molar-refractivity contribution in [2.75, 3.05) is 0 Å². The molecule has 0 radical (unpaired) electrons. The van der Waals surface area contributed by atoms with Crippen molar-refractivity contribution in [1.29, 1.82) is 0 Å². The van der Waals surface area contributed by atoms with Crippen LogP contribution in [0.15, 0.2) is 84.9 Å². The van der Waals surface area contributed by atoms with Gasteiger partial charge in [-0.3, -0.25) is 0 Å². The van der Waals surface area contributed by atoms with Gasteiger partial charge in [0.15, 0.2) is 0 Å². The van der Waals surface area contributed by atoms with E-state index in [0.29, 0.717) is 0 Å². The summed E-state index contributed by atoms with van der Waals surface area (Å²) in [6.45, 7) is 4.45. The van der Waals surface area contributed by atoms with Crippen LogP contribution in [0.5, 0.6) is 0 Å². The fourth-order valence-corrected chi connectivity index (χ4v) is 4.33. The highest BCUT2D eigenvalue weighted by Gasteiger charge is 2.15. The number of fused-ring (bicyclic) bond motifs is 4. The van der Waals surface area contributed by atoms with Crippen LogP contribution in [0.1, 0.15) is 11.1 Å². The first-order valence-corrected chi connectivity index (χ1v) is 9.14. The van der Waals surface area contributed by atoms with Crippen LogP contribution in [-0.4, -0.2) is 0 Å². The summed E-state index contributed by atoms with van der Waals surface area (Å²) in [5.74, 6) is 0. The molecule has 0 saturated heterocycles. The second-order valence-corrected chi connectivity index (χ2v) is 7.07. The van der Waals surface area contributed by atoms with Crippen LogP contribution in [-0.2, 0) is 0 Å². The SMILES string of the molecule is Cc1ccc(-c2c(C)c3ccccc3c3ccccc23)c2ccccc12. The number of hydrogen-bond donors (Lipinski definition) is 0. The summed E-state index contributed by atoms with van der Waals surface area (Å²) in [4.78, 5) is 0. The Morgan fingerprint density at radius 2 is 0.923 bits per heavy atom. The van der Waals surface area contributed by atoms with Gasteiger partial charge in [-0.1, -0.05) is 84.9 Å². The van der Waals surface area contributed by atoms with E-state index in [0.717, 1.165) is 0 Å². The van der Waals surface area contributed by atoms with E-state index in [9.17, 15) is 0 Å². The van der Waals surface area contributed by atoms with Crippen molar-refractivity contribution in [3.8, 4) is 11.1 Å². The number of aryl methyl sites for hydroxylation is 2. The standard InChI is InChI=1S/C26H20/c1-17-15-16-25(21-11-5-3-9-19(17)21)26-18(2)20-10-4-6-12-22(20)23-13-7-8-14-24(23)26/h3-16H,1-2H3. The quantitative estimate of drug-likeness (QED) is 0.280. The van der Waals surface area contributed by atoms with Crippen LogP contribution in [0, 0.1) is 13.8 Å². The minimum atomic E-state index is 1.32. The highest BCUT2D eigenvalue weighted by Crippen LogP contribution is 2.41. The van der Waals surface area contributed by atoms with Crippen molar-refractivity contribution in [3.63, 3.8) is 0 Å². The molecular formula is C26H20. The van der Waals surface area contributed by atoms with Crippen molar-refractivity contribution >= 4 is 32.3 Å². The molecule has 5 rings (SSSR count). The van der Waals surface area contributed by atoms with Crippen LogP contribution < -0.4 is 0 Å². The van der Waals surface area contributed by atoms with Crippen LogP contribution in [0.2, 0.25) is 0 Å². The van der Waals surface area contributed by atoms with E-state index in [1.54, 1.807) is 0 Å². The lowest BCUT2D eigenvalue weighted by Gasteiger charge is -2.17. The van der Waals surface area contributed by atoms with Crippen molar-refractivity contribution in [3.05, 3.63) is 96.1 Å². The Labute approximate surface area is 153 Å². The summed E-state index contributed by atoms with van der Waals surface area (Å²) in [7, 11) is 0. The summed E-state index contributed by atoms with van der Waals surface area (Å²) >= 11 is 0. The Morgan fingerprint density at radius 1 is 0.423 bits per heavy atom. The molecule has 0 heteroatoms.